The van der Waals surface area contributed by atoms with Gasteiger partial charge in [-0.2, -0.15) is 0 Å². The SMILES string of the molecule is COC1=C[C@](C)(F)C(=O)C(OC(=O)N2CCc3ccccc32)=C1. The van der Waals surface area contributed by atoms with Gasteiger partial charge in [0.25, 0.3) is 0 Å². The normalized spacial score (nSPS) is 23.1. The van der Waals surface area contributed by atoms with Crippen LogP contribution in [0.1, 0.15) is 12.5 Å². The molecule has 0 bridgehead atoms. The average molecular weight is 317 g/mol. The summed E-state index contributed by atoms with van der Waals surface area (Å²) in [6, 6.07) is 7.45. The summed E-state index contributed by atoms with van der Waals surface area (Å²) in [7, 11) is 1.35. The third-order valence-electron chi connectivity index (χ3n) is 3.89. The van der Waals surface area contributed by atoms with Gasteiger partial charge in [-0.1, -0.05) is 18.2 Å². The second kappa shape index (κ2) is 5.53. The quantitative estimate of drug-likeness (QED) is 0.841. The van der Waals surface area contributed by atoms with Gasteiger partial charge in [-0.15, -0.1) is 0 Å². The number of allylic oxidation sites excluding steroid dienone is 3. The molecule has 3 rings (SSSR count). The maximum absolute atomic E-state index is 14.3. The van der Waals surface area contributed by atoms with Gasteiger partial charge in [0, 0.05) is 18.7 Å². The van der Waals surface area contributed by atoms with E-state index in [1.54, 1.807) is 6.07 Å². The molecule has 0 unspecified atom stereocenters. The van der Waals surface area contributed by atoms with Crippen molar-refractivity contribution < 1.29 is 23.5 Å². The second-order valence-corrected chi connectivity index (χ2v) is 5.56. The molecule has 1 atom stereocenters. The minimum absolute atomic E-state index is 0.138. The van der Waals surface area contributed by atoms with Gasteiger partial charge >= 0.3 is 6.09 Å². The number of rotatable bonds is 2. The van der Waals surface area contributed by atoms with Crippen molar-refractivity contribution in [3.63, 3.8) is 0 Å². The van der Waals surface area contributed by atoms with E-state index in [9.17, 15) is 14.0 Å². The number of hydrogen-bond donors (Lipinski definition) is 0. The molecule has 1 heterocycles. The number of carbonyl (C=O) groups is 2. The van der Waals surface area contributed by atoms with Crippen molar-refractivity contribution in [2.75, 3.05) is 18.6 Å². The van der Waals surface area contributed by atoms with E-state index in [0.29, 0.717) is 13.0 Å². The number of nitrogens with zero attached hydrogens (tertiary/aromatic N) is 1. The molecule has 2 aliphatic rings. The van der Waals surface area contributed by atoms with Crippen LogP contribution in [0.3, 0.4) is 0 Å². The standard InChI is InChI=1S/C17H16FNO4/c1-17(18)10-12(22-2)9-14(15(17)20)23-16(21)19-8-7-11-5-3-4-6-13(11)19/h3-6,9-10H,7-8H2,1-2H3/t17-/m0/s1. The Hall–Kier alpha value is -2.63. The summed E-state index contributed by atoms with van der Waals surface area (Å²) in [6.45, 7) is 1.56. The fourth-order valence-corrected chi connectivity index (χ4v) is 2.68. The molecule has 1 aromatic carbocycles. The summed E-state index contributed by atoms with van der Waals surface area (Å²) in [5.74, 6) is -1.12. The molecule has 0 spiro atoms. The van der Waals surface area contributed by atoms with Crippen LogP contribution in [0.5, 0.6) is 0 Å². The third-order valence-corrected chi connectivity index (χ3v) is 3.89. The second-order valence-electron chi connectivity index (χ2n) is 5.56. The van der Waals surface area contributed by atoms with Crippen molar-refractivity contribution in [1.29, 1.82) is 0 Å². The number of amides is 1. The van der Waals surface area contributed by atoms with Gasteiger partial charge in [0.1, 0.15) is 5.76 Å². The van der Waals surface area contributed by atoms with Gasteiger partial charge in [0.2, 0.25) is 5.78 Å². The first-order valence-electron chi connectivity index (χ1n) is 7.22. The molecule has 1 aliphatic heterocycles. The first kappa shape index (κ1) is 15.3. The molecule has 0 radical (unpaired) electrons. The molecule has 1 aromatic rings. The summed E-state index contributed by atoms with van der Waals surface area (Å²) >= 11 is 0. The lowest BCUT2D eigenvalue weighted by Gasteiger charge is -2.23. The molecule has 23 heavy (non-hydrogen) atoms. The first-order valence-corrected chi connectivity index (χ1v) is 7.22. The van der Waals surface area contributed by atoms with Crippen LogP contribution in [0, 0.1) is 0 Å². The van der Waals surface area contributed by atoms with Crippen molar-refractivity contribution in [1.82, 2.24) is 0 Å². The van der Waals surface area contributed by atoms with Crippen LogP contribution < -0.4 is 4.90 Å². The molecule has 1 aliphatic carbocycles. The number of benzene rings is 1. The Morgan fingerprint density at radius 2 is 2.09 bits per heavy atom. The van der Waals surface area contributed by atoms with Crippen LogP contribution in [0.25, 0.3) is 0 Å². The molecule has 120 valence electrons. The van der Waals surface area contributed by atoms with E-state index in [1.807, 2.05) is 18.2 Å². The first-order chi connectivity index (χ1) is 10.9. The Kier molecular flexibility index (Phi) is 3.67. The van der Waals surface area contributed by atoms with Gasteiger partial charge in [0.15, 0.2) is 11.4 Å². The fourth-order valence-electron chi connectivity index (χ4n) is 2.68. The number of alkyl halides is 1. The van der Waals surface area contributed by atoms with Crippen LogP contribution in [0.4, 0.5) is 14.9 Å². The zero-order valence-electron chi connectivity index (χ0n) is 12.8. The minimum Gasteiger partial charge on any atom is -0.497 e. The summed E-state index contributed by atoms with van der Waals surface area (Å²) in [5.41, 5.74) is -0.494. The summed E-state index contributed by atoms with van der Waals surface area (Å²) in [5, 5.41) is 0. The van der Waals surface area contributed by atoms with Crippen molar-refractivity contribution in [3.8, 4) is 0 Å². The Bertz CT molecular complexity index is 736. The third kappa shape index (κ3) is 2.72. The van der Waals surface area contributed by atoms with E-state index in [1.165, 1.54) is 18.1 Å². The molecular formula is C17H16FNO4. The van der Waals surface area contributed by atoms with Gasteiger partial charge < -0.3 is 9.47 Å². The Morgan fingerprint density at radius 1 is 1.35 bits per heavy atom. The average Bonchev–Trinajstić information content (AvgIpc) is 2.95. The Labute approximate surface area is 133 Å². The molecule has 0 saturated heterocycles. The maximum Gasteiger partial charge on any atom is 0.419 e. The van der Waals surface area contributed by atoms with Crippen LogP contribution in [0.15, 0.2) is 47.9 Å². The highest BCUT2D eigenvalue weighted by Crippen LogP contribution is 2.31. The van der Waals surface area contributed by atoms with Crippen molar-refractivity contribution in [2.45, 2.75) is 19.0 Å². The largest absolute Gasteiger partial charge is 0.497 e. The van der Waals surface area contributed by atoms with Crippen LogP contribution in [0.2, 0.25) is 0 Å². The number of hydrogen-bond acceptors (Lipinski definition) is 4. The highest BCUT2D eigenvalue weighted by atomic mass is 19.1. The number of para-hydroxylation sites is 1. The van der Waals surface area contributed by atoms with E-state index < -0.39 is 17.5 Å². The monoisotopic (exact) mass is 317 g/mol. The van der Waals surface area contributed by atoms with Gasteiger partial charge in [-0.05, 0) is 25.0 Å². The number of ether oxygens (including phenoxy) is 2. The number of methoxy groups -OCH3 is 1. The van der Waals surface area contributed by atoms with Crippen LogP contribution in [-0.2, 0) is 20.7 Å². The smallest absolute Gasteiger partial charge is 0.419 e. The highest BCUT2D eigenvalue weighted by Gasteiger charge is 2.40. The number of ketones is 1. The maximum atomic E-state index is 14.3. The molecule has 6 heteroatoms. The molecule has 1 amide bonds. The van der Waals surface area contributed by atoms with E-state index >= 15 is 0 Å². The number of carbonyl (C=O) groups excluding carboxylic acids is 2. The van der Waals surface area contributed by atoms with Crippen molar-refractivity contribution >= 4 is 17.6 Å². The van der Waals surface area contributed by atoms with E-state index in [-0.39, 0.29) is 11.5 Å². The molecule has 0 saturated carbocycles. The lowest BCUT2D eigenvalue weighted by atomic mass is 9.96. The lowest BCUT2D eigenvalue weighted by Crippen LogP contribution is -2.37. The molecule has 0 fully saturated rings. The van der Waals surface area contributed by atoms with E-state index in [4.69, 9.17) is 9.47 Å². The Balaban J connectivity index is 1.82. The zero-order chi connectivity index (χ0) is 16.6. The van der Waals surface area contributed by atoms with Crippen molar-refractivity contribution in [3.05, 3.63) is 53.5 Å². The molecule has 5 nitrogen and oxygen atoms in total. The topological polar surface area (TPSA) is 55.8 Å². The molecule has 0 N–H and O–H groups in total. The summed E-state index contributed by atoms with van der Waals surface area (Å²) in [6.07, 6.45) is 2.28. The number of Topliss-reactive ketones (excluding diaryl/α,β-unsaturated/α-hetero) is 1. The summed E-state index contributed by atoms with van der Waals surface area (Å²) in [4.78, 5) is 25.9. The number of anilines is 1. The predicted molar refractivity (Wildman–Crippen MR) is 81.7 cm³/mol. The fraction of sp³-hybridized carbons (Fsp3) is 0.294. The Morgan fingerprint density at radius 3 is 2.83 bits per heavy atom. The van der Waals surface area contributed by atoms with E-state index in [0.717, 1.165) is 24.3 Å². The zero-order valence-corrected chi connectivity index (χ0v) is 12.8. The van der Waals surface area contributed by atoms with Gasteiger partial charge in [0.05, 0.1) is 12.8 Å². The van der Waals surface area contributed by atoms with Gasteiger partial charge in [-0.25, -0.2) is 9.18 Å². The van der Waals surface area contributed by atoms with E-state index in [2.05, 4.69) is 0 Å². The lowest BCUT2D eigenvalue weighted by molar-refractivity contribution is -0.126. The van der Waals surface area contributed by atoms with Crippen LogP contribution in [-0.4, -0.2) is 31.2 Å². The predicted octanol–water partition coefficient (Wildman–Crippen LogP) is 2.91. The number of halogens is 1. The molecular weight excluding hydrogens is 301 g/mol. The number of fused-ring (bicyclic) bond motifs is 1. The van der Waals surface area contributed by atoms with Gasteiger partial charge in [-0.3, -0.25) is 9.69 Å². The van der Waals surface area contributed by atoms with Crippen LogP contribution >= 0.6 is 0 Å². The highest BCUT2D eigenvalue weighted by molar-refractivity contribution is 6.05. The molecule has 0 aromatic heterocycles. The summed E-state index contributed by atoms with van der Waals surface area (Å²) < 4.78 is 24.4. The minimum atomic E-state index is -2.27. The van der Waals surface area contributed by atoms with Crippen molar-refractivity contribution in [2.24, 2.45) is 0 Å².